The molecule has 0 aromatic carbocycles. The van der Waals surface area contributed by atoms with Crippen molar-refractivity contribution in [1.29, 1.82) is 0 Å². The molecule has 2 fully saturated rings. The number of rotatable bonds is 18. The summed E-state index contributed by atoms with van der Waals surface area (Å²) in [5.74, 6) is 0.842. The molecule has 2 nitrogen and oxygen atoms in total. The summed E-state index contributed by atoms with van der Waals surface area (Å²) >= 11 is 0. The van der Waals surface area contributed by atoms with E-state index < -0.39 is 0 Å². The number of unbranched alkanes of at least 4 members (excludes halogenated alkanes) is 11. The first-order valence-corrected chi connectivity index (χ1v) is 12.7. The van der Waals surface area contributed by atoms with Crippen molar-refractivity contribution in [2.45, 2.75) is 134 Å². The van der Waals surface area contributed by atoms with Crippen molar-refractivity contribution in [2.75, 3.05) is 13.2 Å². The summed E-state index contributed by atoms with van der Waals surface area (Å²) < 4.78 is 12.2. The van der Waals surface area contributed by atoms with Crippen LogP contribution >= 0.6 is 0 Å². The molecule has 28 heavy (non-hydrogen) atoms. The van der Waals surface area contributed by atoms with Crippen LogP contribution in [0.1, 0.15) is 122 Å². The second-order valence-electron chi connectivity index (χ2n) is 9.30. The molecule has 2 saturated carbocycles. The van der Waals surface area contributed by atoms with E-state index in [0.717, 1.165) is 25.6 Å². The van der Waals surface area contributed by atoms with Gasteiger partial charge in [-0.15, -0.1) is 0 Å². The first kappa shape index (κ1) is 24.2. The monoisotopic (exact) mass is 392 g/mol. The van der Waals surface area contributed by atoms with E-state index in [9.17, 15) is 0 Å². The third-order valence-electron chi connectivity index (χ3n) is 6.74. The van der Waals surface area contributed by atoms with E-state index in [1.54, 1.807) is 0 Å². The smallest absolute Gasteiger partial charge is 0.0578 e. The summed E-state index contributed by atoms with van der Waals surface area (Å²) in [7, 11) is 0. The highest BCUT2D eigenvalue weighted by Gasteiger charge is 2.25. The molecular weight excluding hydrogens is 344 g/mol. The minimum Gasteiger partial charge on any atom is -0.378 e. The van der Waals surface area contributed by atoms with Gasteiger partial charge in [-0.05, 0) is 63.7 Å². The maximum atomic E-state index is 6.15. The minimum atomic E-state index is 0.525. The fourth-order valence-electron chi connectivity index (χ4n) is 4.84. The third kappa shape index (κ3) is 11.8. The Morgan fingerprint density at radius 3 is 1.96 bits per heavy atom. The Hall–Kier alpha value is -0.0800. The van der Waals surface area contributed by atoms with Crippen LogP contribution in [0.5, 0.6) is 0 Å². The standard InChI is InChI=1S/C26H48O2/c1-2-3-4-5-6-7-8-9-10-11-12-15-21-27-26-19-18-24(23-26)20-22-28-25-16-13-14-17-25/h13,24-26H,1-12,14-23H2. The molecule has 3 atom stereocenters. The number of hydrogen-bond donors (Lipinski definition) is 0. The molecule has 2 radical (unpaired) electrons. The topological polar surface area (TPSA) is 18.5 Å². The van der Waals surface area contributed by atoms with Crippen molar-refractivity contribution < 1.29 is 9.47 Å². The van der Waals surface area contributed by atoms with Gasteiger partial charge >= 0.3 is 0 Å². The molecule has 0 spiro atoms. The second kappa shape index (κ2) is 16.7. The van der Waals surface area contributed by atoms with Crippen molar-refractivity contribution in [1.82, 2.24) is 0 Å². The van der Waals surface area contributed by atoms with Gasteiger partial charge in [0.05, 0.1) is 12.2 Å². The zero-order chi connectivity index (χ0) is 19.7. The Bertz CT molecular complexity index is 337. The Morgan fingerprint density at radius 2 is 1.32 bits per heavy atom. The second-order valence-corrected chi connectivity index (χ2v) is 9.30. The molecule has 2 aliphatic rings. The molecule has 2 aliphatic carbocycles. The van der Waals surface area contributed by atoms with Crippen LogP contribution in [0, 0.1) is 19.3 Å². The largest absolute Gasteiger partial charge is 0.378 e. The molecule has 164 valence electrons. The average molecular weight is 393 g/mol. The summed E-state index contributed by atoms with van der Waals surface area (Å²) in [6.45, 7) is 5.86. The molecule has 0 aromatic heterocycles. The van der Waals surface area contributed by atoms with E-state index in [4.69, 9.17) is 9.47 Å². The number of hydrogen-bond acceptors (Lipinski definition) is 2. The SMILES string of the molecule is [CH2]CCCCCCCCCCCCCOC1CCC(CCOC2C[CH]CC2)C1. The molecule has 0 N–H and O–H groups in total. The van der Waals surface area contributed by atoms with E-state index in [1.807, 2.05) is 0 Å². The lowest BCUT2D eigenvalue weighted by atomic mass is 10.0. The van der Waals surface area contributed by atoms with Gasteiger partial charge in [0.1, 0.15) is 0 Å². The summed E-state index contributed by atoms with van der Waals surface area (Å²) in [5, 5.41) is 0. The van der Waals surface area contributed by atoms with Crippen molar-refractivity contribution in [3.8, 4) is 0 Å². The first-order valence-electron chi connectivity index (χ1n) is 12.7. The molecule has 0 bridgehead atoms. The molecule has 0 amide bonds. The minimum absolute atomic E-state index is 0.525. The van der Waals surface area contributed by atoms with Gasteiger partial charge in [-0.1, -0.05) is 77.6 Å². The van der Waals surface area contributed by atoms with Gasteiger partial charge in [0, 0.05) is 13.2 Å². The molecular formula is C26H48O2. The van der Waals surface area contributed by atoms with Crippen molar-refractivity contribution >= 4 is 0 Å². The Kier molecular flexibility index (Phi) is 14.4. The normalized spacial score (nSPS) is 23.0. The summed E-state index contributed by atoms with van der Waals surface area (Å²) in [6.07, 6.45) is 28.6. The summed E-state index contributed by atoms with van der Waals surface area (Å²) in [6, 6.07) is 0. The summed E-state index contributed by atoms with van der Waals surface area (Å²) in [4.78, 5) is 0. The highest BCUT2D eigenvalue weighted by atomic mass is 16.5. The molecule has 2 rings (SSSR count). The Morgan fingerprint density at radius 1 is 0.679 bits per heavy atom. The van der Waals surface area contributed by atoms with Crippen LogP contribution in [-0.4, -0.2) is 25.4 Å². The van der Waals surface area contributed by atoms with Gasteiger partial charge in [-0.25, -0.2) is 0 Å². The fourth-order valence-corrected chi connectivity index (χ4v) is 4.84. The Balaban J connectivity index is 1.29. The van der Waals surface area contributed by atoms with Gasteiger partial charge in [0.2, 0.25) is 0 Å². The van der Waals surface area contributed by atoms with E-state index in [0.29, 0.717) is 12.2 Å². The zero-order valence-corrected chi connectivity index (χ0v) is 18.7. The van der Waals surface area contributed by atoms with Gasteiger partial charge < -0.3 is 9.47 Å². The summed E-state index contributed by atoms with van der Waals surface area (Å²) in [5.41, 5.74) is 0. The predicted octanol–water partition coefficient (Wildman–Crippen LogP) is 7.85. The van der Waals surface area contributed by atoms with Crippen LogP contribution in [0.2, 0.25) is 0 Å². The zero-order valence-electron chi connectivity index (χ0n) is 18.7. The van der Waals surface area contributed by atoms with Gasteiger partial charge in [0.15, 0.2) is 0 Å². The van der Waals surface area contributed by atoms with Crippen LogP contribution < -0.4 is 0 Å². The first-order chi connectivity index (χ1) is 13.9. The molecule has 2 heteroatoms. The van der Waals surface area contributed by atoms with Gasteiger partial charge in [-0.3, -0.25) is 0 Å². The fraction of sp³-hybridized carbons (Fsp3) is 0.923. The van der Waals surface area contributed by atoms with Crippen LogP contribution in [0.15, 0.2) is 0 Å². The highest BCUT2D eigenvalue weighted by Crippen LogP contribution is 2.31. The van der Waals surface area contributed by atoms with Crippen LogP contribution in [0.4, 0.5) is 0 Å². The highest BCUT2D eigenvalue weighted by molar-refractivity contribution is 4.81. The predicted molar refractivity (Wildman–Crippen MR) is 120 cm³/mol. The third-order valence-corrected chi connectivity index (χ3v) is 6.74. The van der Waals surface area contributed by atoms with Crippen molar-refractivity contribution in [2.24, 2.45) is 5.92 Å². The lowest BCUT2D eigenvalue weighted by Gasteiger charge is -2.15. The van der Waals surface area contributed by atoms with Crippen LogP contribution in [0.25, 0.3) is 0 Å². The molecule has 3 unspecified atom stereocenters. The molecule has 0 heterocycles. The quantitative estimate of drug-likeness (QED) is 0.221. The van der Waals surface area contributed by atoms with E-state index >= 15 is 0 Å². The van der Waals surface area contributed by atoms with E-state index in [1.165, 1.54) is 116 Å². The average Bonchev–Trinajstić information content (AvgIpc) is 3.38. The van der Waals surface area contributed by atoms with E-state index in [-0.39, 0.29) is 0 Å². The van der Waals surface area contributed by atoms with Gasteiger partial charge in [-0.2, -0.15) is 0 Å². The van der Waals surface area contributed by atoms with Crippen molar-refractivity contribution in [3.05, 3.63) is 13.3 Å². The van der Waals surface area contributed by atoms with Crippen molar-refractivity contribution in [3.63, 3.8) is 0 Å². The van der Waals surface area contributed by atoms with Crippen LogP contribution in [0.3, 0.4) is 0 Å². The Labute approximate surface area is 176 Å². The molecule has 0 aromatic rings. The number of ether oxygens (including phenoxy) is 2. The van der Waals surface area contributed by atoms with E-state index in [2.05, 4.69) is 13.3 Å². The molecule has 0 saturated heterocycles. The lowest BCUT2D eigenvalue weighted by Crippen LogP contribution is -2.12. The maximum absolute atomic E-state index is 6.15. The molecule has 0 aliphatic heterocycles. The maximum Gasteiger partial charge on any atom is 0.0578 e. The van der Waals surface area contributed by atoms with Gasteiger partial charge in [0.25, 0.3) is 0 Å². The lowest BCUT2D eigenvalue weighted by molar-refractivity contribution is 0.0408. The van der Waals surface area contributed by atoms with Crippen LogP contribution in [-0.2, 0) is 9.47 Å².